The van der Waals surface area contributed by atoms with E-state index in [4.69, 9.17) is 9.47 Å². The Bertz CT molecular complexity index is 387. The number of carbonyl (C=O) groups is 2. The largest absolute Gasteiger partial charge is 0.481 e. The Hall–Kier alpha value is -1.30. The van der Waals surface area contributed by atoms with Crippen molar-refractivity contribution in [3.8, 4) is 0 Å². The molecule has 0 aliphatic rings. The Morgan fingerprint density at radius 1 is 1.13 bits per heavy atom. The van der Waals surface area contributed by atoms with E-state index in [2.05, 4.69) is 5.32 Å². The van der Waals surface area contributed by atoms with Gasteiger partial charge in [0.1, 0.15) is 5.60 Å². The van der Waals surface area contributed by atoms with Gasteiger partial charge in [0.05, 0.1) is 5.41 Å². The summed E-state index contributed by atoms with van der Waals surface area (Å²) >= 11 is 0. The highest BCUT2D eigenvalue weighted by molar-refractivity contribution is 5.76. The lowest BCUT2D eigenvalue weighted by Gasteiger charge is -2.34. The highest BCUT2D eigenvalue weighted by Crippen LogP contribution is 2.31. The molecule has 0 aromatic rings. The molecule has 0 saturated heterocycles. The molecule has 1 unspecified atom stereocenters. The fraction of sp³-hybridized carbons (Fsp3) is 0.882. The maximum Gasteiger partial charge on any atom is 0.407 e. The van der Waals surface area contributed by atoms with Crippen molar-refractivity contribution < 1.29 is 24.2 Å². The molecule has 23 heavy (non-hydrogen) atoms. The molecule has 0 aromatic heterocycles. The molecule has 1 atom stereocenters. The highest BCUT2D eigenvalue weighted by atomic mass is 16.6. The van der Waals surface area contributed by atoms with E-state index in [0.29, 0.717) is 25.6 Å². The van der Waals surface area contributed by atoms with Gasteiger partial charge in [-0.25, -0.2) is 4.79 Å². The van der Waals surface area contributed by atoms with Crippen LogP contribution in [0.1, 0.15) is 54.9 Å². The van der Waals surface area contributed by atoms with E-state index in [9.17, 15) is 14.7 Å². The lowest BCUT2D eigenvalue weighted by atomic mass is 9.74. The predicted octanol–water partition coefficient (Wildman–Crippen LogP) is 3.30. The van der Waals surface area contributed by atoms with Gasteiger partial charge in [0.15, 0.2) is 0 Å². The fourth-order valence-electron chi connectivity index (χ4n) is 2.13. The molecule has 2 N–H and O–H groups in total. The van der Waals surface area contributed by atoms with Crippen molar-refractivity contribution in [1.29, 1.82) is 0 Å². The predicted molar refractivity (Wildman–Crippen MR) is 89.4 cm³/mol. The molecule has 0 aliphatic carbocycles. The standard InChI is InChI=1S/C17H33NO5/c1-12(2)10-22-9-8-17(13(3)4,14(19)20)11-18-15(21)23-16(5,6)7/h12-13H,8-11H2,1-7H3,(H,18,21)(H,19,20). The molecule has 1 amide bonds. The monoisotopic (exact) mass is 331 g/mol. The molecule has 136 valence electrons. The minimum Gasteiger partial charge on any atom is -0.481 e. The summed E-state index contributed by atoms with van der Waals surface area (Å²) in [6.07, 6.45) is -0.269. The molecule has 0 aliphatic heterocycles. The molecule has 6 nitrogen and oxygen atoms in total. The number of ether oxygens (including phenoxy) is 2. The zero-order valence-corrected chi connectivity index (χ0v) is 15.6. The Kier molecular flexibility index (Phi) is 8.59. The summed E-state index contributed by atoms with van der Waals surface area (Å²) in [5.74, 6) is -0.692. The van der Waals surface area contributed by atoms with Crippen LogP contribution in [0.3, 0.4) is 0 Å². The maximum absolute atomic E-state index is 11.8. The van der Waals surface area contributed by atoms with Gasteiger partial charge in [-0.05, 0) is 39.0 Å². The first-order valence-electron chi connectivity index (χ1n) is 8.18. The van der Waals surface area contributed by atoms with Gasteiger partial charge in [0.2, 0.25) is 0 Å². The molecule has 0 fully saturated rings. The van der Waals surface area contributed by atoms with E-state index >= 15 is 0 Å². The zero-order valence-electron chi connectivity index (χ0n) is 15.6. The SMILES string of the molecule is CC(C)COCCC(CNC(=O)OC(C)(C)C)(C(=O)O)C(C)C. The molecular weight excluding hydrogens is 298 g/mol. The Morgan fingerprint density at radius 3 is 2.09 bits per heavy atom. The van der Waals surface area contributed by atoms with Gasteiger partial charge in [0.25, 0.3) is 0 Å². The first-order chi connectivity index (χ1) is 10.4. The van der Waals surface area contributed by atoms with Crippen LogP contribution in [0.15, 0.2) is 0 Å². The smallest absolute Gasteiger partial charge is 0.407 e. The molecule has 0 spiro atoms. The number of nitrogens with one attached hydrogen (secondary N) is 1. The molecule has 0 aromatic carbocycles. The number of alkyl carbamates (subject to hydrolysis) is 1. The van der Waals surface area contributed by atoms with E-state index in [-0.39, 0.29) is 12.5 Å². The number of hydrogen-bond acceptors (Lipinski definition) is 4. The Balaban J connectivity index is 4.80. The summed E-state index contributed by atoms with van der Waals surface area (Å²) in [7, 11) is 0. The summed E-state index contributed by atoms with van der Waals surface area (Å²) < 4.78 is 10.7. The van der Waals surface area contributed by atoms with Crippen molar-refractivity contribution in [1.82, 2.24) is 5.32 Å². The van der Waals surface area contributed by atoms with E-state index in [1.807, 2.05) is 27.7 Å². The fourth-order valence-corrected chi connectivity index (χ4v) is 2.13. The number of rotatable bonds is 9. The summed E-state index contributed by atoms with van der Waals surface area (Å²) in [6, 6.07) is 0. The number of carboxylic acids is 1. The van der Waals surface area contributed by atoms with Gasteiger partial charge in [0, 0.05) is 19.8 Å². The normalized spacial score (nSPS) is 14.7. The van der Waals surface area contributed by atoms with Crippen molar-refractivity contribution in [2.75, 3.05) is 19.8 Å². The average molecular weight is 331 g/mol. The van der Waals surface area contributed by atoms with Crippen molar-refractivity contribution in [3.05, 3.63) is 0 Å². The number of aliphatic carboxylic acids is 1. The lowest BCUT2D eigenvalue weighted by molar-refractivity contribution is -0.153. The van der Waals surface area contributed by atoms with Crippen LogP contribution in [0.5, 0.6) is 0 Å². The van der Waals surface area contributed by atoms with Crippen LogP contribution >= 0.6 is 0 Å². The van der Waals surface area contributed by atoms with Crippen molar-refractivity contribution >= 4 is 12.1 Å². The number of carboxylic acid groups (broad SMARTS) is 1. The van der Waals surface area contributed by atoms with Crippen LogP contribution in [0.25, 0.3) is 0 Å². The van der Waals surface area contributed by atoms with Gasteiger partial charge in [-0.1, -0.05) is 27.7 Å². The Morgan fingerprint density at radius 2 is 1.70 bits per heavy atom. The molecule has 0 heterocycles. The second-order valence-corrected chi connectivity index (χ2v) is 7.69. The molecule has 0 bridgehead atoms. The number of amides is 1. The third-order valence-corrected chi connectivity index (χ3v) is 3.62. The van der Waals surface area contributed by atoms with E-state index < -0.39 is 23.1 Å². The number of hydrogen-bond donors (Lipinski definition) is 2. The van der Waals surface area contributed by atoms with Gasteiger partial charge >= 0.3 is 12.1 Å². The molecule has 0 radical (unpaired) electrons. The van der Waals surface area contributed by atoms with Crippen molar-refractivity contribution in [2.45, 2.75) is 60.5 Å². The van der Waals surface area contributed by atoms with Crippen molar-refractivity contribution in [3.63, 3.8) is 0 Å². The van der Waals surface area contributed by atoms with E-state index in [0.717, 1.165) is 0 Å². The van der Waals surface area contributed by atoms with Gasteiger partial charge in [-0.3, -0.25) is 4.79 Å². The second kappa shape index (κ2) is 9.11. The molecule has 0 rings (SSSR count). The van der Waals surface area contributed by atoms with Crippen LogP contribution in [-0.4, -0.2) is 42.5 Å². The quantitative estimate of drug-likeness (QED) is 0.633. The van der Waals surface area contributed by atoms with Gasteiger partial charge in [-0.15, -0.1) is 0 Å². The average Bonchev–Trinajstić information content (AvgIpc) is 2.34. The first kappa shape index (κ1) is 21.7. The molecule has 0 saturated carbocycles. The minimum absolute atomic E-state index is 0.0138. The third-order valence-electron chi connectivity index (χ3n) is 3.62. The summed E-state index contributed by atoms with van der Waals surface area (Å²) in [6.45, 7) is 14.0. The summed E-state index contributed by atoms with van der Waals surface area (Å²) in [5, 5.41) is 12.3. The third kappa shape index (κ3) is 8.21. The van der Waals surface area contributed by atoms with E-state index in [1.165, 1.54) is 0 Å². The van der Waals surface area contributed by atoms with Gasteiger partial charge in [-0.2, -0.15) is 0 Å². The lowest BCUT2D eigenvalue weighted by Crippen LogP contribution is -2.48. The second-order valence-electron chi connectivity index (χ2n) is 7.69. The van der Waals surface area contributed by atoms with Gasteiger partial charge < -0.3 is 19.9 Å². The van der Waals surface area contributed by atoms with Crippen molar-refractivity contribution in [2.24, 2.45) is 17.3 Å². The first-order valence-corrected chi connectivity index (χ1v) is 8.18. The van der Waals surface area contributed by atoms with Crippen LogP contribution in [0, 0.1) is 17.3 Å². The molecular formula is C17H33NO5. The van der Waals surface area contributed by atoms with Crippen LogP contribution < -0.4 is 5.32 Å². The highest BCUT2D eigenvalue weighted by Gasteiger charge is 2.42. The maximum atomic E-state index is 11.8. The van der Waals surface area contributed by atoms with Crippen LogP contribution in [-0.2, 0) is 14.3 Å². The number of carbonyl (C=O) groups excluding carboxylic acids is 1. The zero-order chi connectivity index (χ0) is 18.3. The molecule has 6 heteroatoms. The van der Waals surface area contributed by atoms with Crippen LogP contribution in [0.2, 0.25) is 0 Å². The topological polar surface area (TPSA) is 84.9 Å². The minimum atomic E-state index is -1.08. The summed E-state index contributed by atoms with van der Waals surface area (Å²) in [5.41, 5.74) is -1.69. The Labute approximate surface area is 139 Å². The summed E-state index contributed by atoms with van der Waals surface area (Å²) in [4.78, 5) is 23.7. The van der Waals surface area contributed by atoms with E-state index in [1.54, 1.807) is 20.8 Å². The van der Waals surface area contributed by atoms with Crippen LogP contribution in [0.4, 0.5) is 4.79 Å².